The summed E-state index contributed by atoms with van der Waals surface area (Å²) in [4.78, 5) is 30.8. The molecule has 7 heteroatoms. The van der Waals surface area contributed by atoms with Gasteiger partial charge in [-0.1, -0.05) is 6.07 Å². The number of amides is 1. The largest absolute Gasteiger partial charge is 0.347 e. The van der Waals surface area contributed by atoms with E-state index in [1.807, 2.05) is 24.4 Å². The summed E-state index contributed by atoms with van der Waals surface area (Å²) in [5, 5.41) is 5.77. The van der Waals surface area contributed by atoms with Crippen molar-refractivity contribution in [1.29, 1.82) is 0 Å². The maximum Gasteiger partial charge on any atom is 0.263 e. The first-order chi connectivity index (χ1) is 11.1. The Morgan fingerprint density at radius 3 is 2.91 bits per heavy atom. The van der Waals surface area contributed by atoms with Crippen LogP contribution in [0, 0.1) is 6.92 Å². The maximum atomic E-state index is 12.2. The molecule has 0 radical (unpaired) electrons. The van der Waals surface area contributed by atoms with E-state index in [4.69, 9.17) is 0 Å². The number of nitrogens with one attached hydrogen (secondary N) is 1. The maximum absolute atomic E-state index is 12.2. The second-order valence-corrected chi connectivity index (χ2v) is 7.06. The lowest BCUT2D eigenvalue weighted by atomic mass is 10.2. The smallest absolute Gasteiger partial charge is 0.263 e. The Morgan fingerprint density at radius 2 is 2.17 bits per heavy atom. The Hall–Kier alpha value is -2.25. The summed E-state index contributed by atoms with van der Waals surface area (Å²) < 4.78 is 1.39. The molecule has 0 aromatic carbocycles. The molecule has 0 atom stereocenters. The second-order valence-electron chi connectivity index (χ2n) is 5.03. The van der Waals surface area contributed by atoms with Crippen LogP contribution in [0.3, 0.4) is 0 Å². The van der Waals surface area contributed by atoms with E-state index in [9.17, 15) is 9.59 Å². The van der Waals surface area contributed by atoms with Gasteiger partial charge in [-0.25, -0.2) is 4.98 Å². The van der Waals surface area contributed by atoms with Crippen LogP contribution in [-0.4, -0.2) is 15.5 Å². The molecule has 23 heavy (non-hydrogen) atoms. The molecule has 0 fully saturated rings. The standard InChI is InChI=1S/C16H15N3O2S2/c1-10-13(23-15(18-10)12-6-4-8-22-12)9-17-14(20)11-5-3-7-19(2)16(11)21/h3-8H,9H2,1-2H3,(H,17,20). The average molecular weight is 345 g/mol. The molecule has 0 saturated carbocycles. The van der Waals surface area contributed by atoms with Gasteiger partial charge in [-0.3, -0.25) is 9.59 Å². The first-order valence-electron chi connectivity index (χ1n) is 7.00. The summed E-state index contributed by atoms with van der Waals surface area (Å²) in [6.45, 7) is 2.29. The van der Waals surface area contributed by atoms with Gasteiger partial charge in [0.15, 0.2) is 0 Å². The predicted molar refractivity (Wildman–Crippen MR) is 93.0 cm³/mol. The zero-order chi connectivity index (χ0) is 16.4. The Bertz CT molecular complexity index is 894. The number of pyridine rings is 1. The number of aryl methyl sites for hydroxylation is 2. The quantitative estimate of drug-likeness (QED) is 0.791. The molecule has 0 saturated heterocycles. The van der Waals surface area contributed by atoms with Gasteiger partial charge in [0.05, 0.1) is 17.1 Å². The molecule has 3 aromatic rings. The van der Waals surface area contributed by atoms with Gasteiger partial charge in [0.25, 0.3) is 11.5 Å². The molecule has 3 aromatic heterocycles. The van der Waals surface area contributed by atoms with E-state index < -0.39 is 0 Å². The second kappa shape index (κ2) is 6.47. The fraction of sp³-hybridized carbons (Fsp3) is 0.188. The predicted octanol–water partition coefficient (Wildman–Crippen LogP) is 2.81. The molecule has 0 bridgehead atoms. The lowest BCUT2D eigenvalue weighted by molar-refractivity contribution is 0.0949. The number of carbonyl (C=O) groups excluding carboxylic acids is 1. The normalized spacial score (nSPS) is 10.7. The Balaban J connectivity index is 1.75. The van der Waals surface area contributed by atoms with Crippen LogP contribution >= 0.6 is 22.7 Å². The third kappa shape index (κ3) is 3.25. The summed E-state index contributed by atoms with van der Waals surface area (Å²) in [6.07, 6.45) is 1.62. The average Bonchev–Trinajstić information content (AvgIpc) is 3.17. The van der Waals surface area contributed by atoms with Crippen molar-refractivity contribution in [1.82, 2.24) is 14.9 Å². The van der Waals surface area contributed by atoms with Crippen LogP contribution in [0.4, 0.5) is 0 Å². The van der Waals surface area contributed by atoms with Gasteiger partial charge in [-0.15, -0.1) is 22.7 Å². The molecule has 0 aliphatic rings. The highest BCUT2D eigenvalue weighted by Gasteiger charge is 2.14. The summed E-state index contributed by atoms with van der Waals surface area (Å²) in [6, 6.07) is 7.24. The number of thiazole rings is 1. The van der Waals surface area contributed by atoms with Crippen LogP contribution in [0.25, 0.3) is 9.88 Å². The van der Waals surface area contributed by atoms with Gasteiger partial charge in [0, 0.05) is 18.1 Å². The topological polar surface area (TPSA) is 64.0 Å². The number of nitrogens with zero attached hydrogens (tertiary/aromatic N) is 2. The Labute approximate surface area is 141 Å². The summed E-state index contributed by atoms with van der Waals surface area (Å²) in [7, 11) is 1.62. The van der Waals surface area contributed by atoms with E-state index >= 15 is 0 Å². The highest BCUT2D eigenvalue weighted by Crippen LogP contribution is 2.30. The van der Waals surface area contributed by atoms with Crippen molar-refractivity contribution in [3.05, 3.63) is 62.3 Å². The number of hydrogen-bond acceptors (Lipinski definition) is 5. The van der Waals surface area contributed by atoms with Crippen molar-refractivity contribution in [2.24, 2.45) is 7.05 Å². The molecular formula is C16H15N3O2S2. The molecule has 0 aliphatic heterocycles. The Morgan fingerprint density at radius 1 is 1.35 bits per heavy atom. The van der Waals surface area contributed by atoms with E-state index in [2.05, 4.69) is 10.3 Å². The zero-order valence-electron chi connectivity index (χ0n) is 12.7. The SMILES string of the molecule is Cc1nc(-c2cccs2)sc1CNC(=O)c1cccn(C)c1=O. The molecular weight excluding hydrogens is 330 g/mol. The number of hydrogen-bond donors (Lipinski definition) is 1. The van der Waals surface area contributed by atoms with Crippen molar-refractivity contribution in [2.75, 3.05) is 0 Å². The van der Waals surface area contributed by atoms with E-state index in [0.717, 1.165) is 20.5 Å². The van der Waals surface area contributed by atoms with Crippen LogP contribution in [0.2, 0.25) is 0 Å². The molecule has 1 N–H and O–H groups in total. The van der Waals surface area contributed by atoms with Gasteiger partial charge in [0.1, 0.15) is 10.6 Å². The summed E-state index contributed by atoms with van der Waals surface area (Å²) in [5.41, 5.74) is 0.751. The first kappa shape index (κ1) is 15.6. The van der Waals surface area contributed by atoms with Crippen LogP contribution in [0.1, 0.15) is 20.9 Å². The van der Waals surface area contributed by atoms with E-state index in [1.54, 1.807) is 42.0 Å². The fourth-order valence-corrected chi connectivity index (χ4v) is 3.92. The van der Waals surface area contributed by atoms with Crippen LogP contribution in [-0.2, 0) is 13.6 Å². The molecule has 3 heterocycles. The van der Waals surface area contributed by atoms with Crippen molar-refractivity contribution < 1.29 is 4.79 Å². The summed E-state index contributed by atoms with van der Waals surface area (Å²) >= 11 is 3.20. The number of thiophene rings is 1. The highest BCUT2D eigenvalue weighted by atomic mass is 32.1. The summed E-state index contributed by atoms with van der Waals surface area (Å²) in [5.74, 6) is -0.364. The van der Waals surface area contributed by atoms with Crippen molar-refractivity contribution in [3.63, 3.8) is 0 Å². The van der Waals surface area contributed by atoms with Gasteiger partial charge in [-0.2, -0.15) is 0 Å². The van der Waals surface area contributed by atoms with Crippen LogP contribution in [0.15, 0.2) is 40.6 Å². The third-order valence-corrected chi connectivity index (χ3v) is 5.60. The van der Waals surface area contributed by atoms with Crippen molar-refractivity contribution in [3.8, 4) is 9.88 Å². The highest BCUT2D eigenvalue weighted by molar-refractivity contribution is 7.21. The molecule has 3 rings (SSSR count). The minimum absolute atomic E-state index is 0.149. The van der Waals surface area contributed by atoms with Gasteiger partial charge < -0.3 is 9.88 Å². The Kier molecular flexibility index (Phi) is 4.40. The van der Waals surface area contributed by atoms with Crippen molar-refractivity contribution in [2.45, 2.75) is 13.5 Å². The number of aromatic nitrogens is 2. The lowest BCUT2D eigenvalue weighted by Gasteiger charge is -2.05. The third-order valence-electron chi connectivity index (χ3n) is 3.40. The molecule has 118 valence electrons. The molecule has 0 aliphatic carbocycles. The zero-order valence-corrected chi connectivity index (χ0v) is 14.3. The van der Waals surface area contributed by atoms with E-state index in [0.29, 0.717) is 6.54 Å². The number of rotatable bonds is 4. The van der Waals surface area contributed by atoms with Gasteiger partial charge in [-0.05, 0) is 30.5 Å². The van der Waals surface area contributed by atoms with Crippen molar-refractivity contribution >= 4 is 28.6 Å². The minimum Gasteiger partial charge on any atom is -0.347 e. The van der Waals surface area contributed by atoms with Gasteiger partial charge >= 0.3 is 0 Å². The van der Waals surface area contributed by atoms with E-state index in [-0.39, 0.29) is 17.0 Å². The van der Waals surface area contributed by atoms with E-state index in [1.165, 1.54) is 10.6 Å². The van der Waals surface area contributed by atoms with Crippen LogP contribution < -0.4 is 10.9 Å². The lowest BCUT2D eigenvalue weighted by Crippen LogP contribution is -2.31. The first-order valence-corrected chi connectivity index (χ1v) is 8.70. The monoisotopic (exact) mass is 345 g/mol. The molecule has 5 nitrogen and oxygen atoms in total. The molecule has 0 spiro atoms. The molecule has 0 unspecified atom stereocenters. The van der Waals surface area contributed by atoms with Crippen LogP contribution in [0.5, 0.6) is 0 Å². The molecule has 1 amide bonds. The number of carbonyl (C=O) groups is 1. The van der Waals surface area contributed by atoms with Gasteiger partial charge in [0.2, 0.25) is 0 Å². The minimum atomic E-state index is -0.364. The fourth-order valence-electron chi connectivity index (χ4n) is 2.12.